The Labute approximate surface area is 149 Å². The van der Waals surface area contributed by atoms with Crippen LogP contribution in [0, 0.1) is 0 Å². The first-order valence-corrected chi connectivity index (χ1v) is 8.45. The smallest absolute Gasteiger partial charge is 0.249 e. The largest absolute Gasteiger partial charge is 0.489 e. The summed E-state index contributed by atoms with van der Waals surface area (Å²) in [6, 6.07) is 17.7. The zero-order chi connectivity index (χ0) is 17.9. The molecule has 0 saturated carbocycles. The Bertz CT molecular complexity index is 653. The highest BCUT2D eigenvalue weighted by Gasteiger charge is 2.12. The van der Waals surface area contributed by atoms with E-state index in [0.29, 0.717) is 19.8 Å². The molecule has 1 atom stereocenters. The summed E-state index contributed by atoms with van der Waals surface area (Å²) in [4.78, 5) is 12.0. The van der Waals surface area contributed by atoms with Gasteiger partial charge < -0.3 is 14.8 Å². The van der Waals surface area contributed by atoms with Crippen LogP contribution in [0.5, 0.6) is 5.75 Å². The lowest BCUT2D eigenvalue weighted by Gasteiger charge is -2.13. The van der Waals surface area contributed by atoms with E-state index in [9.17, 15) is 4.79 Å². The molecule has 2 aromatic carbocycles. The number of hydrogen-bond donors (Lipinski definition) is 1. The Morgan fingerprint density at radius 1 is 1.12 bits per heavy atom. The summed E-state index contributed by atoms with van der Waals surface area (Å²) < 4.78 is 11.2. The lowest BCUT2D eigenvalue weighted by Crippen LogP contribution is -2.34. The van der Waals surface area contributed by atoms with Crippen molar-refractivity contribution in [3.63, 3.8) is 0 Å². The van der Waals surface area contributed by atoms with E-state index in [0.717, 1.165) is 23.3 Å². The van der Waals surface area contributed by atoms with Crippen LogP contribution in [0.1, 0.15) is 24.5 Å². The molecule has 0 heterocycles. The van der Waals surface area contributed by atoms with E-state index in [1.54, 1.807) is 13.0 Å². The molecule has 0 aliphatic carbocycles. The molecule has 1 amide bonds. The van der Waals surface area contributed by atoms with E-state index in [2.05, 4.69) is 11.9 Å². The van der Waals surface area contributed by atoms with Crippen LogP contribution in [0.2, 0.25) is 0 Å². The number of hydrogen-bond acceptors (Lipinski definition) is 3. The molecular formula is C21H25NO3. The lowest BCUT2D eigenvalue weighted by molar-refractivity contribution is -0.131. The standard InChI is InChI=1S/C21H25NO3/c1-3-4-14-24-17(2)21(23)22-15-18-10-12-20(13-11-18)25-16-19-8-6-5-7-9-19/h3,5-13,17H,1,4,14-16H2,2H3,(H,22,23). The third kappa shape index (κ3) is 6.81. The highest BCUT2D eigenvalue weighted by molar-refractivity contribution is 5.80. The first-order chi connectivity index (χ1) is 12.2. The van der Waals surface area contributed by atoms with Gasteiger partial charge in [-0.3, -0.25) is 4.79 Å². The second kappa shape index (κ2) is 10.3. The van der Waals surface area contributed by atoms with Crippen LogP contribution >= 0.6 is 0 Å². The number of carbonyl (C=O) groups is 1. The van der Waals surface area contributed by atoms with E-state index < -0.39 is 6.10 Å². The molecule has 132 valence electrons. The Hall–Kier alpha value is -2.59. The van der Waals surface area contributed by atoms with Crippen molar-refractivity contribution in [2.75, 3.05) is 6.61 Å². The fraction of sp³-hybridized carbons (Fsp3) is 0.286. The Morgan fingerprint density at radius 3 is 2.52 bits per heavy atom. The second-order valence-corrected chi connectivity index (χ2v) is 5.73. The van der Waals surface area contributed by atoms with E-state index in [-0.39, 0.29) is 5.91 Å². The summed E-state index contributed by atoms with van der Waals surface area (Å²) in [5, 5.41) is 2.87. The van der Waals surface area contributed by atoms with Crippen molar-refractivity contribution in [2.24, 2.45) is 0 Å². The normalized spacial score (nSPS) is 11.6. The van der Waals surface area contributed by atoms with Crippen molar-refractivity contribution in [3.05, 3.63) is 78.4 Å². The van der Waals surface area contributed by atoms with Gasteiger partial charge in [-0.05, 0) is 36.6 Å². The van der Waals surface area contributed by atoms with Gasteiger partial charge in [-0.25, -0.2) is 0 Å². The van der Waals surface area contributed by atoms with Gasteiger partial charge in [0.1, 0.15) is 18.5 Å². The molecule has 1 unspecified atom stereocenters. The number of rotatable bonds is 10. The number of amides is 1. The Balaban J connectivity index is 1.74. The molecule has 4 nitrogen and oxygen atoms in total. The second-order valence-electron chi connectivity index (χ2n) is 5.73. The first-order valence-electron chi connectivity index (χ1n) is 8.45. The molecular weight excluding hydrogens is 314 g/mol. The van der Waals surface area contributed by atoms with Crippen molar-refractivity contribution in [1.29, 1.82) is 0 Å². The average molecular weight is 339 g/mol. The van der Waals surface area contributed by atoms with Crippen LogP contribution in [-0.4, -0.2) is 18.6 Å². The fourth-order valence-corrected chi connectivity index (χ4v) is 2.18. The van der Waals surface area contributed by atoms with E-state index in [1.165, 1.54) is 0 Å². The summed E-state index contributed by atoms with van der Waals surface area (Å²) in [6.07, 6.45) is 2.04. The molecule has 0 radical (unpaired) electrons. The molecule has 2 rings (SSSR count). The lowest BCUT2D eigenvalue weighted by atomic mass is 10.2. The fourth-order valence-electron chi connectivity index (χ4n) is 2.18. The summed E-state index contributed by atoms with van der Waals surface area (Å²) in [5.41, 5.74) is 2.14. The predicted octanol–water partition coefficient (Wildman–Crippen LogP) is 3.86. The number of ether oxygens (including phenoxy) is 2. The quantitative estimate of drug-likeness (QED) is 0.528. The summed E-state index contributed by atoms with van der Waals surface area (Å²) in [7, 11) is 0. The number of benzene rings is 2. The molecule has 0 fully saturated rings. The maximum atomic E-state index is 12.0. The van der Waals surface area contributed by atoms with Gasteiger partial charge in [0, 0.05) is 6.54 Å². The van der Waals surface area contributed by atoms with Crippen LogP contribution < -0.4 is 10.1 Å². The zero-order valence-corrected chi connectivity index (χ0v) is 14.6. The SMILES string of the molecule is C=CCCOC(C)C(=O)NCc1ccc(OCc2ccccc2)cc1. The van der Waals surface area contributed by atoms with Crippen molar-refractivity contribution in [1.82, 2.24) is 5.32 Å². The van der Waals surface area contributed by atoms with E-state index >= 15 is 0 Å². The van der Waals surface area contributed by atoms with Crippen LogP contribution in [0.4, 0.5) is 0 Å². The van der Waals surface area contributed by atoms with Crippen LogP contribution in [0.25, 0.3) is 0 Å². The molecule has 0 saturated heterocycles. The van der Waals surface area contributed by atoms with Gasteiger partial charge in [0.25, 0.3) is 0 Å². The molecule has 0 spiro atoms. The van der Waals surface area contributed by atoms with Gasteiger partial charge in [-0.1, -0.05) is 48.5 Å². The van der Waals surface area contributed by atoms with Gasteiger partial charge in [-0.2, -0.15) is 0 Å². The summed E-state index contributed by atoms with van der Waals surface area (Å²) in [5.74, 6) is 0.688. The van der Waals surface area contributed by atoms with Crippen LogP contribution in [0.3, 0.4) is 0 Å². The predicted molar refractivity (Wildman–Crippen MR) is 99.3 cm³/mol. The first kappa shape index (κ1) is 18.7. The van der Waals surface area contributed by atoms with Crippen molar-refractivity contribution in [2.45, 2.75) is 32.6 Å². The number of carbonyl (C=O) groups excluding carboxylic acids is 1. The monoisotopic (exact) mass is 339 g/mol. The third-order valence-corrected chi connectivity index (χ3v) is 3.70. The van der Waals surface area contributed by atoms with Crippen molar-refractivity contribution >= 4 is 5.91 Å². The van der Waals surface area contributed by atoms with Crippen molar-refractivity contribution < 1.29 is 14.3 Å². The molecule has 4 heteroatoms. The zero-order valence-electron chi connectivity index (χ0n) is 14.6. The maximum absolute atomic E-state index is 12.0. The van der Waals surface area contributed by atoms with Crippen LogP contribution in [0.15, 0.2) is 67.3 Å². The minimum Gasteiger partial charge on any atom is -0.489 e. The molecule has 1 N–H and O–H groups in total. The third-order valence-electron chi connectivity index (χ3n) is 3.70. The molecule has 0 aliphatic rings. The minimum absolute atomic E-state index is 0.117. The summed E-state index contributed by atoms with van der Waals surface area (Å²) >= 11 is 0. The van der Waals surface area contributed by atoms with E-state index in [4.69, 9.17) is 9.47 Å². The van der Waals surface area contributed by atoms with Gasteiger partial charge in [0.05, 0.1) is 6.61 Å². The maximum Gasteiger partial charge on any atom is 0.249 e. The molecule has 25 heavy (non-hydrogen) atoms. The molecule has 0 aliphatic heterocycles. The highest BCUT2D eigenvalue weighted by Crippen LogP contribution is 2.14. The number of nitrogens with one attached hydrogen (secondary N) is 1. The Morgan fingerprint density at radius 2 is 1.84 bits per heavy atom. The van der Waals surface area contributed by atoms with Gasteiger partial charge in [0.15, 0.2) is 0 Å². The topological polar surface area (TPSA) is 47.6 Å². The van der Waals surface area contributed by atoms with Crippen LogP contribution in [-0.2, 0) is 22.7 Å². The average Bonchev–Trinajstić information content (AvgIpc) is 2.66. The van der Waals surface area contributed by atoms with Crippen molar-refractivity contribution in [3.8, 4) is 5.75 Å². The van der Waals surface area contributed by atoms with Gasteiger partial charge in [0.2, 0.25) is 5.91 Å². The Kier molecular flexibility index (Phi) is 7.73. The molecule has 2 aromatic rings. The molecule has 0 bridgehead atoms. The highest BCUT2D eigenvalue weighted by atomic mass is 16.5. The summed E-state index contributed by atoms with van der Waals surface area (Å²) in [6.45, 7) is 6.88. The van der Waals surface area contributed by atoms with Gasteiger partial charge in [-0.15, -0.1) is 6.58 Å². The van der Waals surface area contributed by atoms with E-state index in [1.807, 2.05) is 54.6 Å². The van der Waals surface area contributed by atoms with Gasteiger partial charge >= 0.3 is 0 Å². The minimum atomic E-state index is -0.464. The molecule has 0 aromatic heterocycles.